The van der Waals surface area contributed by atoms with Crippen LogP contribution in [0.3, 0.4) is 0 Å². The molecule has 0 amide bonds. The molecule has 2 aliphatic rings. The summed E-state index contributed by atoms with van der Waals surface area (Å²) in [4.78, 5) is 20.8. The van der Waals surface area contributed by atoms with Gasteiger partial charge in [0.1, 0.15) is 24.2 Å². The zero-order chi connectivity index (χ0) is 30.0. The van der Waals surface area contributed by atoms with E-state index in [1.807, 2.05) is 18.2 Å². The fourth-order valence-corrected chi connectivity index (χ4v) is 7.05. The first-order valence-electron chi connectivity index (χ1n) is 15.9. The lowest BCUT2D eigenvalue weighted by Gasteiger charge is -2.25. The third-order valence-corrected chi connectivity index (χ3v) is 9.22. The standard InChI is InChI=1S/C18H18N2O3.C18H20N2O/c21-18(22)12-6-7-16-15(10-12)19-17(13-8-9-23-11-13)20(16)14-4-2-1-3-5-14;1-13-7-8-17-16(11-13)19-18(14-9-10-21-12-14)20(17)15-5-3-2-4-6-15/h6-11,14H,1-5H2,(H,21,22);7-12,15H,2-6H2,1H3. The average Bonchev–Trinajstić information content (AvgIpc) is 3.87. The molecule has 8 rings (SSSR count). The van der Waals surface area contributed by atoms with Gasteiger partial charge in [0.05, 0.1) is 51.3 Å². The van der Waals surface area contributed by atoms with Crippen LogP contribution in [-0.4, -0.2) is 30.2 Å². The summed E-state index contributed by atoms with van der Waals surface area (Å²) < 4.78 is 15.2. The lowest BCUT2D eigenvalue weighted by Crippen LogP contribution is -2.13. The van der Waals surface area contributed by atoms with Crippen molar-refractivity contribution in [1.29, 1.82) is 0 Å². The Balaban J connectivity index is 0.000000143. The maximum atomic E-state index is 11.2. The summed E-state index contributed by atoms with van der Waals surface area (Å²) in [5.74, 6) is 0.989. The summed E-state index contributed by atoms with van der Waals surface area (Å²) in [6, 6.07) is 16.7. The summed E-state index contributed by atoms with van der Waals surface area (Å²) >= 11 is 0. The minimum atomic E-state index is -0.927. The molecular weight excluding hydrogens is 552 g/mol. The molecule has 226 valence electrons. The molecule has 2 aromatic carbocycles. The minimum Gasteiger partial charge on any atom is -0.478 e. The van der Waals surface area contributed by atoms with E-state index >= 15 is 0 Å². The molecule has 0 unspecified atom stereocenters. The minimum absolute atomic E-state index is 0.268. The number of benzene rings is 2. The fourth-order valence-electron chi connectivity index (χ4n) is 7.05. The zero-order valence-corrected chi connectivity index (χ0v) is 25.1. The van der Waals surface area contributed by atoms with Crippen molar-refractivity contribution < 1.29 is 18.7 Å². The van der Waals surface area contributed by atoms with Gasteiger partial charge < -0.3 is 23.1 Å². The molecule has 0 aliphatic heterocycles. The van der Waals surface area contributed by atoms with Gasteiger partial charge in [-0.2, -0.15) is 0 Å². The summed E-state index contributed by atoms with van der Waals surface area (Å²) in [6.07, 6.45) is 19.4. The predicted molar refractivity (Wildman–Crippen MR) is 171 cm³/mol. The van der Waals surface area contributed by atoms with Crippen molar-refractivity contribution >= 4 is 28.0 Å². The highest BCUT2D eigenvalue weighted by Gasteiger charge is 2.24. The van der Waals surface area contributed by atoms with E-state index in [9.17, 15) is 9.90 Å². The third kappa shape index (κ3) is 5.45. The number of imidazole rings is 2. The lowest BCUT2D eigenvalue weighted by atomic mass is 9.95. The molecule has 44 heavy (non-hydrogen) atoms. The van der Waals surface area contributed by atoms with Gasteiger partial charge in [-0.3, -0.25) is 0 Å². The number of nitrogens with zero attached hydrogens (tertiary/aromatic N) is 4. The quantitative estimate of drug-likeness (QED) is 0.215. The Morgan fingerprint density at radius 1 is 0.705 bits per heavy atom. The summed E-state index contributed by atoms with van der Waals surface area (Å²) in [7, 11) is 0. The van der Waals surface area contributed by atoms with Gasteiger partial charge in [0.15, 0.2) is 0 Å². The van der Waals surface area contributed by atoms with Gasteiger partial charge in [0.2, 0.25) is 0 Å². The number of aromatic carboxylic acids is 1. The number of rotatable bonds is 5. The zero-order valence-electron chi connectivity index (χ0n) is 25.1. The number of hydrogen-bond acceptors (Lipinski definition) is 5. The topological polar surface area (TPSA) is 99.2 Å². The van der Waals surface area contributed by atoms with Gasteiger partial charge in [0.25, 0.3) is 0 Å². The van der Waals surface area contributed by atoms with Crippen LogP contribution in [0.2, 0.25) is 0 Å². The van der Waals surface area contributed by atoms with Crippen LogP contribution in [0.25, 0.3) is 44.8 Å². The van der Waals surface area contributed by atoms with E-state index in [1.165, 1.54) is 62.4 Å². The molecule has 0 radical (unpaired) electrons. The molecule has 8 nitrogen and oxygen atoms in total. The Morgan fingerprint density at radius 3 is 1.68 bits per heavy atom. The maximum absolute atomic E-state index is 11.2. The highest BCUT2D eigenvalue weighted by Crippen LogP contribution is 2.37. The molecule has 4 heterocycles. The number of furan rings is 2. The smallest absolute Gasteiger partial charge is 0.335 e. The molecule has 4 aromatic heterocycles. The van der Waals surface area contributed by atoms with Gasteiger partial charge in [-0.25, -0.2) is 14.8 Å². The van der Waals surface area contributed by atoms with Gasteiger partial charge in [0, 0.05) is 12.1 Å². The Bertz CT molecular complexity index is 1870. The fraction of sp³-hybridized carbons (Fsp3) is 0.361. The summed E-state index contributed by atoms with van der Waals surface area (Å²) in [5.41, 5.74) is 7.61. The Kier molecular flexibility index (Phi) is 7.81. The molecule has 6 aromatic rings. The predicted octanol–water partition coefficient (Wildman–Crippen LogP) is 9.61. The van der Waals surface area contributed by atoms with E-state index in [2.05, 4.69) is 34.3 Å². The number of hydrogen-bond donors (Lipinski definition) is 1. The SMILES string of the molecule is Cc1ccc2c(c1)nc(-c1ccoc1)n2C1CCCCC1.O=C(O)c1ccc2c(c1)nc(-c1ccoc1)n2C1CCCCC1. The molecule has 8 heteroatoms. The van der Waals surface area contributed by atoms with Gasteiger partial charge >= 0.3 is 5.97 Å². The number of carboxylic acid groups (broad SMARTS) is 1. The monoisotopic (exact) mass is 590 g/mol. The Labute approximate surface area is 256 Å². The van der Waals surface area contributed by atoms with E-state index in [0.29, 0.717) is 12.1 Å². The second-order valence-electron chi connectivity index (χ2n) is 12.2. The number of aryl methyl sites for hydroxylation is 1. The molecule has 0 atom stereocenters. The van der Waals surface area contributed by atoms with Gasteiger partial charge in [-0.15, -0.1) is 0 Å². The van der Waals surface area contributed by atoms with Crippen molar-refractivity contribution in [2.75, 3.05) is 0 Å². The number of carbonyl (C=O) groups is 1. The Morgan fingerprint density at radius 2 is 1.20 bits per heavy atom. The second-order valence-corrected chi connectivity index (χ2v) is 12.2. The number of carboxylic acids is 1. The lowest BCUT2D eigenvalue weighted by molar-refractivity contribution is 0.0697. The van der Waals surface area contributed by atoms with Crippen molar-refractivity contribution in [2.24, 2.45) is 0 Å². The van der Waals surface area contributed by atoms with E-state index in [1.54, 1.807) is 37.2 Å². The molecule has 2 saturated carbocycles. The highest BCUT2D eigenvalue weighted by molar-refractivity contribution is 5.93. The molecular formula is C36H38N4O4. The van der Waals surface area contributed by atoms with Crippen molar-refractivity contribution in [3.63, 3.8) is 0 Å². The maximum Gasteiger partial charge on any atom is 0.335 e. The number of aromatic nitrogens is 4. The third-order valence-electron chi connectivity index (χ3n) is 9.22. The van der Waals surface area contributed by atoms with Gasteiger partial charge in [-0.1, -0.05) is 44.6 Å². The van der Waals surface area contributed by atoms with Crippen LogP contribution in [-0.2, 0) is 0 Å². The molecule has 0 bridgehead atoms. The first-order chi connectivity index (χ1) is 21.6. The Hall–Kier alpha value is -4.59. The van der Waals surface area contributed by atoms with E-state index < -0.39 is 5.97 Å². The summed E-state index contributed by atoms with van der Waals surface area (Å²) in [6.45, 7) is 2.12. The van der Waals surface area contributed by atoms with Crippen LogP contribution in [0.15, 0.2) is 82.4 Å². The van der Waals surface area contributed by atoms with Crippen LogP contribution in [0.5, 0.6) is 0 Å². The van der Waals surface area contributed by atoms with Crippen LogP contribution in [0, 0.1) is 6.92 Å². The first-order valence-corrected chi connectivity index (χ1v) is 15.9. The molecule has 1 N–H and O–H groups in total. The van der Waals surface area contributed by atoms with Crippen LogP contribution in [0.1, 0.15) is 92.2 Å². The van der Waals surface area contributed by atoms with E-state index in [-0.39, 0.29) is 5.56 Å². The van der Waals surface area contributed by atoms with Crippen molar-refractivity contribution in [2.45, 2.75) is 83.2 Å². The summed E-state index contributed by atoms with van der Waals surface area (Å²) in [5, 5.41) is 9.20. The van der Waals surface area contributed by atoms with Gasteiger partial charge in [-0.05, 0) is 80.6 Å². The normalized spacial score (nSPS) is 16.3. The molecule has 0 saturated heterocycles. The highest BCUT2D eigenvalue weighted by atomic mass is 16.4. The van der Waals surface area contributed by atoms with Crippen LogP contribution >= 0.6 is 0 Å². The second kappa shape index (κ2) is 12.2. The van der Waals surface area contributed by atoms with E-state index in [4.69, 9.17) is 18.8 Å². The van der Waals surface area contributed by atoms with Crippen molar-refractivity contribution in [3.8, 4) is 22.8 Å². The first kappa shape index (κ1) is 28.2. The van der Waals surface area contributed by atoms with E-state index in [0.717, 1.165) is 52.2 Å². The van der Waals surface area contributed by atoms with Crippen molar-refractivity contribution in [1.82, 2.24) is 19.1 Å². The van der Waals surface area contributed by atoms with Crippen molar-refractivity contribution in [3.05, 3.63) is 84.7 Å². The molecule has 0 spiro atoms. The van der Waals surface area contributed by atoms with Crippen LogP contribution < -0.4 is 0 Å². The number of fused-ring (bicyclic) bond motifs is 2. The van der Waals surface area contributed by atoms with Crippen LogP contribution in [0.4, 0.5) is 0 Å². The average molecular weight is 591 g/mol. The molecule has 2 aliphatic carbocycles. The largest absolute Gasteiger partial charge is 0.478 e. The molecule has 2 fully saturated rings.